The van der Waals surface area contributed by atoms with Crippen LogP contribution in [0.1, 0.15) is 30.7 Å². The van der Waals surface area contributed by atoms with Crippen molar-refractivity contribution in [3.05, 3.63) is 66.1 Å². The molecule has 7 nitrogen and oxygen atoms in total. The zero-order chi connectivity index (χ0) is 21.9. The smallest absolute Gasteiger partial charge is 0.226 e. The van der Waals surface area contributed by atoms with Gasteiger partial charge < -0.3 is 19.5 Å². The molecule has 31 heavy (non-hydrogen) atoms. The van der Waals surface area contributed by atoms with Crippen LogP contribution in [0.2, 0.25) is 0 Å². The van der Waals surface area contributed by atoms with E-state index in [4.69, 9.17) is 9.26 Å². The molecule has 0 bridgehead atoms. The van der Waals surface area contributed by atoms with E-state index < -0.39 is 0 Å². The Labute approximate surface area is 183 Å². The summed E-state index contributed by atoms with van der Waals surface area (Å²) in [4.78, 5) is 18.7. The molecule has 0 aliphatic heterocycles. The highest BCUT2D eigenvalue weighted by Crippen LogP contribution is 2.20. The van der Waals surface area contributed by atoms with Crippen LogP contribution < -0.4 is 10.1 Å². The average molecular weight is 423 g/mol. The van der Waals surface area contributed by atoms with Crippen LogP contribution in [0.4, 0.5) is 0 Å². The summed E-state index contributed by atoms with van der Waals surface area (Å²) in [7, 11) is 3.72. The molecule has 1 aromatic heterocycles. The summed E-state index contributed by atoms with van der Waals surface area (Å²) < 4.78 is 10.5. The first kappa shape index (κ1) is 22.5. The first-order valence-electron chi connectivity index (χ1n) is 10.6. The van der Waals surface area contributed by atoms with Crippen LogP contribution in [0.5, 0.6) is 5.75 Å². The number of nitrogens with zero attached hydrogens (tertiary/aromatic N) is 3. The van der Waals surface area contributed by atoms with E-state index in [1.54, 1.807) is 7.11 Å². The van der Waals surface area contributed by atoms with Gasteiger partial charge in [-0.2, -0.15) is 4.98 Å². The fraction of sp³-hybridized carbons (Fsp3) is 0.375. The summed E-state index contributed by atoms with van der Waals surface area (Å²) in [5.74, 6) is 1.92. The maximum atomic E-state index is 12.1. The van der Waals surface area contributed by atoms with Crippen LogP contribution in [-0.4, -0.2) is 48.2 Å². The van der Waals surface area contributed by atoms with Gasteiger partial charge in [-0.15, -0.1) is 0 Å². The summed E-state index contributed by atoms with van der Waals surface area (Å²) in [6.45, 7) is 2.53. The van der Waals surface area contributed by atoms with E-state index in [1.807, 2.05) is 30.3 Å². The van der Waals surface area contributed by atoms with E-state index in [-0.39, 0.29) is 5.91 Å². The van der Waals surface area contributed by atoms with Gasteiger partial charge in [-0.05, 0) is 56.3 Å². The number of amides is 1. The van der Waals surface area contributed by atoms with E-state index in [2.05, 4.69) is 51.7 Å². The maximum Gasteiger partial charge on any atom is 0.226 e. The Kier molecular flexibility index (Phi) is 8.60. The molecule has 1 heterocycles. The summed E-state index contributed by atoms with van der Waals surface area (Å²) in [6, 6.07) is 17.9. The Hall–Kier alpha value is -3.19. The summed E-state index contributed by atoms with van der Waals surface area (Å²) >= 11 is 0. The average Bonchev–Trinajstić information content (AvgIpc) is 3.26. The van der Waals surface area contributed by atoms with Crippen molar-refractivity contribution in [1.82, 2.24) is 20.4 Å². The first-order valence-corrected chi connectivity index (χ1v) is 10.6. The van der Waals surface area contributed by atoms with Crippen LogP contribution in [-0.2, 0) is 17.8 Å². The number of rotatable bonds is 12. The number of hydrogen-bond acceptors (Lipinski definition) is 6. The van der Waals surface area contributed by atoms with Crippen molar-refractivity contribution in [2.75, 3.05) is 27.2 Å². The number of aromatic nitrogens is 2. The number of aryl methyl sites for hydroxylation is 1. The molecule has 0 aliphatic carbocycles. The van der Waals surface area contributed by atoms with Gasteiger partial charge in [0.2, 0.25) is 17.6 Å². The number of hydrogen-bond donors (Lipinski definition) is 1. The van der Waals surface area contributed by atoms with E-state index in [0.717, 1.165) is 30.8 Å². The monoisotopic (exact) mass is 422 g/mol. The molecular formula is C24H30N4O3. The largest absolute Gasteiger partial charge is 0.497 e. The Morgan fingerprint density at radius 3 is 2.61 bits per heavy atom. The number of nitrogens with one attached hydrogen (secondary N) is 1. The molecule has 0 fully saturated rings. The van der Waals surface area contributed by atoms with Crippen LogP contribution in [0.15, 0.2) is 59.1 Å². The summed E-state index contributed by atoms with van der Waals surface area (Å²) in [5, 5.41) is 7.00. The van der Waals surface area contributed by atoms with Crippen LogP contribution in [0.3, 0.4) is 0 Å². The molecule has 1 amide bonds. The van der Waals surface area contributed by atoms with Gasteiger partial charge in [0.1, 0.15) is 5.75 Å². The van der Waals surface area contributed by atoms with Crippen molar-refractivity contribution in [1.29, 1.82) is 0 Å². The third-order valence-corrected chi connectivity index (χ3v) is 4.94. The number of carbonyl (C=O) groups is 1. The minimum atomic E-state index is 0.0561. The molecule has 3 rings (SSSR count). The molecule has 0 saturated heterocycles. The Balaban J connectivity index is 1.29. The number of carbonyl (C=O) groups excluding carboxylic acids is 1. The standard InChI is InChI=1S/C24H30N4O3/c1-28(18-19-8-4-3-5-9-19)17-7-16-25-22(29)10-6-11-23-26-24(27-31-23)20-12-14-21(30-2)15-13-20/h3-5,8-9,12-15H,6-7,10-11,16-18H2,1-2H3,(H,25,29). The third-order valence-electron chi connectivity index (χ3n) is 4.94. The lowest BCUT2D eigenvalue weighted by molar-refractivity contribution is -0.121. The molecule has 0 radical (unpaired) electrons. The van der Waals surface area contributed by atoms with Crippen molar-refractivity contribution < 1.29 is 14.1 Å². The van der Waals surface area contributed by atoms with Crippen molar-refractivity contribution in [3.63, 3.8) is 0 Å². The third kappa shape index (κ3) is 7.53. The van der Waals surface area contributed by atoms with Gasteiger partial charge >= 0.3 is 0 Å². The molecule has 0 spiro atoms. The van der Waals surface area contributed by atoms with Gasteiger partial charge in [0, 0.05) is 31.5 Å². The predicted molar refractivity (Wildman–Crippen MR) is 120 cm³/mol. The van der Waals surface area contributed by atoms with E-state index in [9.17, 15) is 4.79 Å². The van der Waals surface area contributed by atoms with E-state index >= 15 is 0 Å². The highest BCUT2D eigenvalue weighted by atomic mass is 16.5. The van der Waals surface area contributed by atoms with Crippen molar-refractivity contribution in [2.45, 2.75) is 32.2 Å². The lowest BCUT2D eigenvalue weighted by Crippen LogP contribution is -2.28. The second kappa shape index (κ2) is 11.9. The Bertz CT molecular complexity index is 926. The molecule has 2 aromatic carbocycles. The summed E-state index contributed by atoms with van der Waals surface area (Å²) in [6.07, 6.45) is 2.62. The topological polar surface area (TPSA) is 80.5 Å². The number of benzene rings is 2. The number of methoxy groups -OCH3 is 1. The summed E-state index contributed by atoms with van der Waals surface area (Å²) in [5.41, 5.74) is 2.16. The van der Waals surface area contributed by atoms with Crippen LogP contribution >= 0.6 is 0 Å². The molecule has 0 saturated carbocycles. The number of ether oxygens (including phenoxy) is 1. The molecule has 0 aliphatic rings. The normalized spacial score (nSPS) is 10.9. The molecule has 3 aromatic rings. The van der Waals surface area contributed by atoms with Gasteiger partial charge in [0.15, 0.2) is 0 Å². The maximum absolute atomic E-state index is 12.1. The molecule has 0 atom stereocenters. The fourth-order valence-electron chi connectivity index (χ4n) is 3.25. The Morgan fingerprint density at radius 2 is 1.87 bits per heavy atom. The van der Waals surface area contributed by atoms with E-state index in [0.29, 0.717) is 37.5 Å². The highest BCUT2D eigenvalue weighted by molar-refractivity contribution is 5.75. The van der Waals surface area contributed by atoms with Crippen LogP contribution in [0.25, 0.3) is 11.4 Å². The molecular weight excluding hydrogens is 392 g/mol. The zero-order valence-electron chi connectivity index (χ0n) is 18.2. The second-order valence-electron chi connectivity index (χ2n) is 7.52. The van der Waals surface area contributed by atoms with Crippen molar-refractivity contribution in [3.8, 4) is 17.1 Å². The highest BCUT2D eigenvalue weighted by Gasteiger charge is 2.10. The van der Waals surface area contributed by atoms with Gasteiger partial charge in [0.25, 0.3) is 0 Å². The molecule has 0 unspecified atom stereocenters. The van der Waals surface area contributed by atoms with Crippen LogP contribution in [0, 0.1) is 0 Å². The SMILES string of the molecule is COc1ccc(-c2noc(CCCC(=O)NCCCN(C)Cc3ccccc3)n2)cc1. The quantitative estimate of drug-likeness (QED) is 0.448. The lowest BCUT2D eigenvalue weighted by Gasteiger charge is -2.16. The zero-order valence-corrected chi connectivity index (χ0v) is 18.2. The minimum Gasteiger partial charge on any atom is -0.497 e. The van der Waals surface area contributed by atoms with Gasteiger partial charge in [-0.1, -0.05) is 35.5 Å². The van der Waals surface area contributed by atoms with Gasteiger partial charge in [-0.3, -0.25) is 4.79 Å². The minimum absolute atomic E-state index is 0.0561. The first-order chi connectivity index (χ1) is 15.1. The lowest BCUT2D eigenvalue weighted by atomic mass is 10.2. The molecule has 7 heteroatoms. The second-order valence-corrected chi connectivity index (χ2v) is 7.52. The molecule has 1 N–H and O–H groups in total. The van der Waals surface area contributed by atoms with E-state index in [1.165, 1.54) is 5.56 Å². The van der Waals surface area contributed by atoms with Gasteiger partial charge in [-0.25, -0.2) is 0 Å². The molecule has 164 valence electrons. The fourth-order valence-corrected chi connectivity index (χ4v) is 3.25. The van der Waals surface area contributed by atoms with Gasteiger partial charge in [0.05, 0.1) is 7.11 Å². The van der Waals surface area contributed by atoms with Crippen molar-refractivity contribution >= 4 is 5.91 Å². The van der Waals surface area contributed by atoms with Crippen molar-refractivity contribution in [2.24, 2.45) is 0 Å². The Morgan fingerprint density at radius 1 is 1.10 bits per heavy atom. The predicted octanol–water partition coefficient (Wildman–Crippen LogP) is 3.71.